The van der Waals surface area contributed by atoms with Gasteiger partial charge in [-0.05, 0) is 45.4 Å². The van der Waals surface area contributed by atoms with Crippen molar-refractivity contribution in [1.82, 2.24) is 0 Å². The lowest BCUT2D eigenvalue weighted by Crippen LogP contribution is -2.29. The molecule has 2 unspecified atom stereocenters. The summed E-state index contributed by atoms with van der Waals surface area (Å²) >= 11 is 0. The normalized spacial score (nSPS) is 13.3. The third kappa shape index (κ3) is 42.2. The highest BCUT2D eigenvalue weighted by Gasteiger charge is 2.25. The summed E-state index contributed by atoms with van der Waals surface area (Å²) in [5, 5.41) is 0. The summed E-state index contributed by atoms with van der Waals surface area (Å²) < 4.78 is 32.7. The van der Waals surface area contributed by atoms with Crippen LogP contribution in [0.15, 0.2) is 12.2 Å². The molecule has 9 heteroatoms. The van der Waals surface area contributed by atoms with Crippen LogP contribution in [0.5, 0.6) is 0 Å². The first kappa shape index (κ1) is 53.8. The van der Waals surface area contributed by atoms with Crippen molar-refractivity contribution in [2.24, 2.45) is 0 Å². The van der Waals surface area contributed by atoms with Crippen molar-refractivity contribution in [1.29, 1.82) is 0 Å². The number of hydrogen-bond acceptors (Lipinski definition) is 7. The fourth-order valence-corrected chi connectivity index (χ4v) is 7.62. The highest BCUT2D eigenvalue weighted by atomic mass is 31.2. The molecule has 1 N–H and O–H groups in total. The standard InChI is InChI=1S/C46H89O8P/c1-4-7-9-11-13-15-17-19-21-23-24-25-27-29-31-33-35-37-39-41-46(48)54-44(43-53-55(49,50)52-6-3)42-51-45(47)40-38-36-34-32-30-28-26-22-20-18-16-14-12-10-8-5-2/h19,21,44H,4-18,20,22-43H2,1-3H3,(H,49,50)/b21-19-. The number of allylic oxidation sites excluding steroid dienone is 2. The van der Waals surface area contributed by atoms with Crippen LogP contribution in [0.4, 0.5) is 0 Å². The molecule has 0 aromatic heterocycles. The van der Waals surface area contributed by atoms with E-state index in [9.17, 15) is 19.0 Å². The number of hydrogen-bond donors (Lipinski definition) is 1. The fraction of sp³-hybridized carbons (Fsp3) is 0.913. The van der Waals surface area contributed by atoms with Crippen LogP contribution in [0.3, 0.4) is 0 Å². The second-order valence-corrected chi connectivity index (χ2v) is 17.2. The first-order valence-corrected chi connectivity index (χ1v) is 25.0. The van der Waals surface area contributed by atoms with Gasteiger partial charge >= 0.3 is 19.8 Å². The van der Waals surface area contributed by atoms with Gasteiger partial charge in [0.15, 0.2) is 6.10 Å². The first-order chi connectivity index (χ1) is 26.8. The van der Waals surface area contributed by atoms with E-state index in [1.807, 2.05) is 0 Å². The number of carbonyl (C=O) groups excluding carboxylic acids is 2. The maximum Gasteiger partial charge on any atom is 0.472 e. The second-order valence-electron chi connectivity index (χ2n) is 15.8. The summed E-state index contributed by atoms with van der Waals surface area (Å²) in [5.41, 5.74) is 0. The molecule has 0 aromatic rings. The minimum absolute atomic E-state index is 0.00350. The van der Waals surface area contributed by atoms with Gasteiger partial charge in [-0.1, -0.05) is 199 Å². The van der Waals surface area contributed by atoms with Crippen LogP contribution in [0.2, 0.25) is 0 Å². The van der Waals surface area contributed by atoms with E-state index in [0.29, 0.717) is 12.8 Å². The quantitative estimate of drug-likeness (QED) is 0.0281. The molecule has 0 bridgehead atoms. The topological polar surface area (TPSA) is 108 Å². The fourth-order valence-electron chi connectivity index (χ4n) is 6.86. The number of phosphoric acid groups is 1. The van der Waals surface area contributed by atoms with Gasteiger partial charge in [0.25, 0.3) is 0 Å². The lowest BCUT2D eigenvalue weighted by atomic mass is 10.0. The molecule has 2 atom stereocenters. The molecule has 0 saturated carbocycles. The third-order valence-electron chi connectivity index (χ3n) is 10.3. The average Bonchev–Trinajstić information content (AvgIpc) is 3.16. The Morgan fingerprint density at radius 3 is 1.20 bits per heavy atom. The minimum atomic E-state index is -4.28. The molecule has 0 spiro atoms. The van der Waals surface area contributed by atoms with E-state index < -0.39 is 19.9 Å². The molecule has 8 nitrogen and oxygen atoms in total. The predicted octanol–water partition coefficient (Wildman–Crippen LogP) is 14.8. The van der Waals surface area contributed by atoms with Crippen LogP contribution in [0.1, 0.15) is 245 Å². The number of phosphoric ester groups is 1. The lowest BCUT2D eigenvalue weighted by molar-refractivity contribution is -0.161. The molecule has 0 fully saturated rings. The molecular weight excluding hydrogens is 711 g/mol. The molecular formula is C46H89O8P. The van der Waals surface area contributed by atoms with Gasteiger partial charge in [0.2, 0.25) is 0 Å². The zero-order valence-corrected chi connectivity index (χ0v) is 37.2. The zero-order valence-electron chi connectivity index (χ0n) is 36.4. The number of esters is 2. The van der Waals surface area contributed by atoms with Gasteiger partial charge in [0, 0.05) is 12.8 Å². The molecule has 326 valence electrons. The maximum atomic E-state index is 12.6. The Labute approximate surface area is 340 Å². The van der Waals surface area contributed by atoms with Crippen LogP contribution in [0.25, 0.3) is 0 Å². The number of ether oxygens (including phenoxy) is 2. The molecule has 0 rings (SSSR count). The van der Waals surface area contributed by atoms with Crippen LogP contribution in [-0.2, 0) is 32.7 Å². The van der Waals surface area contributed by atoms with E-state index in [4.69, 9.17) is 18.5 Å². The van der Waals surface area contributed by atoms with Crippen molar-refractivity contribution < 1.29 is 37.6 Å². The van der Waals surface area contributed by atoms with Crippen molar-refractivity contribution in [2.75, 3.05) is 19.8 Å². The molecule has 0 aliphatic carbocycles. The van der Waals surface area contributed by atoms with Gasteiger partial charge in [-0.25, -0.2) is 4.57 Å². The molecule has 0 aliphatic heterocycles. The minimum Gasteiger partial charge on any atom is -0.462 e. The van der Waals surface area contributed by atoms with Crippen molar-refractivity contribution in [3.63, 3.8) is 0 Å². The molecule has 0 heterocycles. The summed E-state index contributed by atoms with van der Waals surface area (Å²) in [7, 11) is -4.28. The molecule has 0 amide bonds. The van der Waals surface area contributed by atoms with Gasteiger partial charge < -0.3 is 14.4 Å². The van der Waals surface area contributed by atoms with E-state index in [1.54, 1.807) is 6.92 Å². The van der Waals surface area contributed by atoms with Crippen molar-refractivity contribution in [2.45, 2.75) is 252 Å². The predicted molar refractivity (Wildman–Crippen MR) is 230 cm³/mol. The van der Waals surface area contributed by atoms with Crippen LogP contribution < -0.4 is 0 Å². The van der Waals surface area contributed by atoms with E-state index in [1.165, 1.54) is 173 Å². The molecule has 0 aliphatic rings. The summed E-state index contributed by atoms with van der Waals surface area (Å²) in [4.78, 5) is 34.8. The summed E-state index contributed by atoms with van der Waals surface area (Å²) in [6.45, 7) is 5.51. The number of rotatable bonds is 44. The van der Waals surface area contributed by atoms with E-state index >= 15 is 0 Å². The van der Waals surface area contributed by atoms with E-state index in [0.717, 1.165) is 32.1 Å². The van der Waals surface area contributed by atoms with E-state index in [2.05, 4.69) is 26.0 Å². The maximum absolute atomic E-state index is 12.6. The Morgan fingerprint density at radius 2 is 0.818 bits per heavy atom. The highest BCUT2D eigenvalue weighted by molar-refractivity contribution is 7.47. The van der Waals surface area contributed by atoms with Gasteiger partial charge in [0.1, 0.15) is 6.61 Å². The van der Waals surface area contributed by atoms with Gasteiger partial charge in [-0.2, -0.15) is 0 Å². The van der Waals surface area contributed by atoms with Crippen molar-refractivity contribution >= 4 is 19.8 Å². The molecule has 0 radical (unpaired) electrons. The Balaban J connectivity index is 4.00. The SMILES string of the molecule is CCCCCCCC/C=C\CCCCCCCCCCCC(=O)OC(COC(=O)CCCCCCCCCCCCCCCCCC)COP(=O)(O)OCC. The molecule has 0 saturated heterocycles. The Kier molecular flexibility index (Phi) is 41.5. The Hall–Kier alpha value is -1.21. The zero-order chi connectivity index (χ0) is 40.3. The monoisotopic (exact) mass is 801 g/mol. The number of carbonyl (C=O) groups is 2. The second kappa shape index (κ2) is 42.4. The van der Waals surface area contributed by atoms with Crippen molar-refractivity contribution in [3.8, 4) is 0 Å². The summed E-state index contributed by atoms with van der Waals surface area (Å²) in [5.74, 6) is -0.785. The van der Waals surface area contributed by atoms with Gasteiger partial charge in [0.05, 0.1) is 13.2 Å². The lowest BCUT2D eigenvalue weighted by Gasteiger charge is -2.19. The largest absolute Gasteiger partial charge is 0.472 e. The number of unbranched alkanes of at least 4 members (excludes halogenated alkanes) is 30. The van der Waals surface area contributed by atoms with Crippen molar-refractivity contribution in [3.05, 3.63) is 12.2 Å². The smallest absolute Gasteiger partial charge is 0.462 e. The van der Waals surface area contributed by atoms with Crippen LogP contribution >= 0.6 is 7.82 Å². The summed E-state index contributed by atoms with van der Waals surface area (Å²) in [6, 6.07) is 0. The third-order valence-corrected chi connectivity index (χ3v) is 11.4. The van der Waals surface area contributed by atoms with E-state index in [-0.39, 0.29) is 32.2 Å². The Bertz CT molecular complexity index is 910. The Morgan fingerprint density at radius 1 is 0.473 bits per heavy atom. The van der Waals surface area contributed by atoms with Crippen LogP contribution in [0, 0.1) is 0 Å². The van der Waals surface area contributed by atoms with Gasteiger partial charge in [-0.3, -0.25) is 18.6 Å². The van der Waals surface area contributed by atoms with Gasteiger partial charge in [-0.15, -0.1) is 0 Å². The average molecular weight is 801 g/mol. The van der Waals surface area contributed by atoms with Crippen LogP contribution in [-0.4, -0.2) is 42.8 Å². The molecule has 0 aromatic carbocycles. The molecule has 55 heavy (non-hydrogen) atoms. The first-order valence-electron chi connectivity index (χ1n) is 23.5. The highest BCUT2D eigenvalue weighted by Crippen LogP contribution is 2.43. The summed E-state index contributed by atoms with van der Waals surface area (Å²) in [6.07, 6.45) is 45.5.